The van der Waals surface area contributed by atoms with Crippen molar-refractivity contribution in [3.05, 3.63) is 88.0 Å². The molecule has 0 aliphatic carbocycles. The summed E-state index contributed by atoms with van der Waals surface area (Å²) in [6.45, 7) is 1.69. The molecule has 0 saturated heterocycles. The Bertz CT molecular complexity index is 1490. The standard InChI is InChI=1S/C23H18BrClN2O5S/c1-11-19(22(30)32-3)20(15-10-14(25)5-7-17(15)31-2)27-21(29)18(33-23(27)26-11)9-12-8-13(24)4-6-16(12)28/h4-10,20,28H,1-3H3/b18-9-/t20-/m0/s1. The number of phenolic OH excluding ortho intramolecular Hbond substituents is 1. The molecule has 2 heterocycles. The van der Waals surface area contributed by atoms with Crippen molar-refractivity contribution in [2.45, 2.75) is 13.0 Å². The Morgan fingerprint density at radius 3 is 2.73 bits per heavy atom. The molecule has 3 aromatic rings. The van der Waals surface area contributed by atoms with Gasteiger partial charge < -0.3 is 14.6 Å². The number of aromatic hydroxyl groups is 1. The van der Waals surface area contributed by atoms with Gasteiger partial charge in [0.25, 0.3) is 5.56 Å². The molecule has 0 amide bonds. The Morgan fingerprint density at radius 2 is 2.03 bits per heavy atom. The number of halogens is 2. The molecule has 1 N–H and O–H groups in total. The van der Waals surface area contributed by atoms with Crippen LogP contribution in [-0.2, 0) is 9.53 Å². The maximum Gasteiger partial charge on any atom is 0.338 e. The van der Waals surface area contributed by atoms with Gasteiger partial charge in [0.2, 0.25) is 0 Å². The number of carbonyl (C=O) groups excluding carboxylic acids is 1. The average molecular weight is 550 g/mol. The van der Waals surface area contributed by atoms with E-state index in [1.54, 1.807) is 43.3 Å². The van der Waals surface area contributed by atoms with Crippen LogP contribution in [0.25, 0.3) is 6.08 Å². The van der Waals surface area contributed by atoms with Gasteiger partial charge in [0, 0.05) is 20.6 Å². The molecular formula is C23H18BrClN2O5S. The summed E-state index contributed by atoms with van der Waals surface area (Å²) in [6.07, 6.45) is 1.59. The lowest BCUT2D eigenvalue weighted by molar-refractivity contribution is -0.136. The lowest BCUT2D eigenvalue weighted by Crippen LogP contribution is -2.40. The van der Waals surface area contributed by atoms with Crippen LogP contribution in [0.5, 0.6) is 11.5 Å². The number of allylic oxidation sites excluding steroid dienone is 1. The summed E-state index contributed by atoms with van der Waals surface area (Å²) >= 11 is 10.8. The second kappa shape index (κ2) is 9.17. The summed E-state index contributed by atoms with van der Waals surface area (Å²) in [5.74, 6) is -0.120. The van der Waals surface area contributed by atoms with E-state index < -0.39 is 12.0 Å². The highest BCUT2D eigenvalue weighted by molar-refractivity contribution is 9.10. The molecule has 4 rings (SSSR count). The van der Waals surface area contributed by atoms with E-state index in [4.69, 9.17) is 21.1 Å². The van der Waals surface area contributed by atoms with Crippen LogP contribution in [0.2, 0.25) is 5.02 Å². The van der Waals surface area contributed by atoms with E-state index in [2.05, 4.69) is 20.9 Å². The third-order valence-electron chi connectivity index (χ3n) is 5.19. The maximum absolute atomic E-state index is 13.6. The fourth-order valence-electron chi connectivity index (χ4n) is 3.69. The number of rotatable bonds is 4. The minimum Gasteiger partial charge on any atom is -0.507 e. The van der Waals surface area contributed by atoms with Crippen LogP contribution >= 0.6 is 38.9 Å². The minimum absolute atomic E-state index is 0.0310. The number of nitrogens with zero attached hydrogens (tertiary/aromatic N) is 2. The molecule has 1 aliphatic rings. The van der Waals surface area contributed by atoms with Crippen LogP contribution in [0.3, 0.4) is 0 Å². The molecule has 7 nitrogen and oxygen atoms in total. The van der Waals surface area contributed by atoms with Crippen molar-refractivity contribution in [2.24, 2.45) is 4.99 Å². The molecule has 0 bridgehead atoms. The Kier molecular flexibility index (Phi) is 6.47. The smallest absolute Gasteiger partial charge is 0.338 e. The van der Waals surface area contributed by atoms with E-state index in [0.29, 0.717) is 36.9 Å². The van der Waals surface area contributed by atoms with Crippen molar-refractivity contribution in [1.29, 1.82) is 0 Å². The van der Waals surface area contributed by atoms with Crippen molar-refractivity contribution in [3.63, 3.8) is 0 Å². The zero-order valence-corrected chi connectivity index (χ0v) is 20.9. The van der Waals surface area contributed by atoms with Gasteiger partial charge in [-0.3, -0.25) is 9.36 Å². The van der Waals surface area contributed by atoms with Crippen LogP contribution in [0.4, 0.5) is 0 Å². The number of fused-ring (bicyclic) bond motifs is 1. The largest absolute Gasteiger partial charge is 0.507 e. The molecule has 0 saturated carbocycles. The number of hydrogen-bond acceptors (Lipinski definition) is 7. The molecule has 33 heavy (non-hydrogen) atoms. The molecule has 1 aliphatic heterocycles. The summed E-state index contributed by atoms with van der Waals surface area (Å²) in [5, 5.41) is 10.6. The number of methoxy groups -OCH3 is 2. The van der Waals surface area contributed by atoms with Gasteiger partial charge >= 0.3 is 5.97 Å². The average Bonchev–Trinajstić information content (AvgIpc) is 3.09. The third-order valence-corrected chi connectivity index (χ3v) is 6.90. The molecule has 170 valence electrons. The quantitative estimate of drug-likeness (QED) is 0.503. The summed E-state index contributed by atoms with van der Waals surface area (Å²) in [6, 6.07) is 9.08. The summed E-state index contributed by atoms with van der Waals surface area (Å²) in [5.41, 5.74) is 1.25. The summed E-state index contributed by atoms with van der Waals surface area (Å²) < 4.78 is 13.1. The molecule has 0 spiro atoms. The van der Waals surface area contributed by atoms with E-state index in [9.17, 15) is 14.7 Å². The first-order valence-electron chi connectivity index (χ1n) is 9.68. The van der Waals surface area contributed by atoms with Gasteiger partial charge in [0.05, 0.1) is 30.0 Å². The van der Waals surface area contributed by atoms with Gasteiger partial charge in [-0.05, 0) is 49.4 Å². The lowest BCUT2D eigenvalue weighted by atomic mass is 9.95. The normalized spacial score (nSPS) is 15.8. The van der Waals surface area contributed by atoms with E-state index >= 15 is 0 Å². The van der Waals surface area contributed by atoms with Crippen molar-refractivity contribution >= 4 is 50.9 Å². The van der Waals surface area contributed by atoms with Gasteiger partial charge in [-0.15, -0.1) is 0 Å². The zero-order valence-electron chi connectivity index (χ0n) is 17.8. The van der Waals surface area contributed by atoms with Crippen molar-refractivity contribution in [2.75, 3.05) is 14.2 Å². The molecule has 0 radical (unpaired) electrons. The Balaban J connectivity index is 2.05. The van der Waals surface area contributed by atoms with Gasteiger partial charge in [-0.2, -0.15) is 0 Å². The third kappa shape index (κ3) is 4.23. The predicted molar refractivity (Wildman–Crippen MR) is 130 cm³/mol. The second-order valence-corrected chi connectivity index (χ2v) is 9.52. The number of carbonyl (C=O) groups is 1. The van der Waals surface area contributed by atoms with Crippen LogP contribution in [-0.4, -0.2) is 29.9 Å². The monoisotopic (exact) mass is 548 g/mol. The number of esters is 1. The Hall–Kier alpha value is -2.88. The van der Waals surface area contributed by atoms with Gasteiger partial charge in [-0.25, -0.2) is 9.79 Å². The van der Waals surface area contributed by atoms with Crippen LogP contribution in [0, 0.1) is 0 Å². The van der Waals surface area contributed by atoms with Crippen molar-refractivity contribution < 1.29 is 19.4 Å². The first-order chi connectivity index (χ1) is 15.7. The number of hydrogen-bond donors (Lipinski definition) is 1. The lowest BCUT2D eigenvalue weighted by Gasteiger charge is -2.25. The Labute approximate surface area is 206 Å². The maximum atomic E-state index is 13.6. The van der Waals surface area contributed by atoms with Crippen LogP contribution in [0.15, 0.2) is 61.9 Å². The molecule has 10 heteroatoms. The van der Waals surface area contributed by atoms with Crippen molar-refractivity contribution in [3.8, 4) is 11.5 Å². The number of benzene rings is 2. The van der Waals surface area contributed by atoms with Crippen molar-refractivity contribution in [1.82, 2.24) is 4.57 Å². The van der Waals surface area contributed by atoms with Crippen LogP contribution in [0.1, 0.15) is 24.1 Å². The van der Waals surface area contributed by atoms with E-state index in [0.717, 1.165) is 15.8 Å². The number of phenols is 1. The molecule has 1 atom stereocenters. The van der Waals surface area contributed by atoms with Crippen LogP contribution < -0.4 is 19.6 Å². The fourth-order valence-corrected chi connectivity index (χ4v) is 5.28. The molecule has 1 aromatic heterocycles. The zero-order chi connectivity index (χ0) is 23.9. The first kappa shape index (κ1) is 23.3. The van der Waals surface area contributed by atoms with Gasteiger partial charge in [0.15, 0.2) is 4.80 Å². The first-order valence-corrected chi connectivity index (χ1v) is 11.7. The topological polar surface area (TPSA) is 90.1 Å². The number of aromatic nitrogens is 1. The molecule has 0 fully saturated rings. The predicted octanol–water partition coefficient (Wildman–Crippen LogP) is 3.54. The highest BCUT2D eigenvalue weighted by atomic mass is 79.9. The molecule has 0 unspecified atom stereocenters. The van der Waals surface area contributed by atoms with Gasteiger partial charge in [0.1, 0.15) is 17.5 Å². The summed E-state index contributed by atoms with van der Waals surface area (Å²) in [4.78, 5) is 31.3. The Morgan fingerprint density at radius 1 is 1.27 bits per heavy atom. The molecular weight excluding hydrogens is 532 g/mol. The SMILES string of the molecule is COC(=O)C1=C(C)N=c2s/c(=C\c3cc(Br)ccc3O)c(=O)n2[C@H]1c1cc(Cl)ccc1OC. The van der Waals surface area contributed by atoms with E-state index in [-0.39, 0.29) is 16.9 Å². The van der Waals surface area contributed by atoms with Gasteiger partial charge in [-0.1, -0.05) is 38.9 Å². The minimum atomic E-state index is -0.861. The summed E-state index contributed by atoms with van der Waals surface area (Å²) in [7, 11) is 2.77. The van der Waals surface area contributed by atoms with E-state index in [1.807, 2.05) is 0 Å². The highest BCUT2D eigenvalue weighted by Gasteiger charge is 2.35. The number of thiazole rings is 1. The second-order valence-electron chi connectivity index (χ2n) is 7.16. The fraction of sp³-hybridized carbons (Fsp3) is 0.174. The molecule has 2 aromatic carbocycles. The number of ether oxygens (including phenoxy) is 2. The highest BCUT2D eigenvalue weighted by Crippen LogP contribution is 2.37. The van der Waals surface area contributed by atoms with E-state index in [1.165, 1.54) is 24.9 Å².